The second-order valence-electron chi connectivity index (χ2n) is 5.90. The van der Waals surface area contributed by atoms with E-state index in [-0.39, 0.29) is 23.2 Å². The van der Waals surface area contributed by atoms with Crippen LogP contribution in [0.3, 0.4) is 0 Å². The summed E-state index contributed by atoms with van der Waals surface area (Å²) >= 11 is 0. The van der Waals surface area contributed by atoms with Gasteiger partial charge in [0.1, 0.15) is 17.4 Å². The van der Waals surface area contributed by atoms with Gasteiger partial charge in [-0.15, -0.1) is 0 Å². The zero-order chi connectivity index (χ0) is 16.5. The summed E-state index contributed by atoms with van der Waals surface area (Å²) in [5, 5.41) is 2.71. The predicted molar refractivity (Wildman–Crippen MR) is 77.4 cm³/mol. The second kappa shape index (κ2) is 5.75. The number of nitrogens with zero attached hydrogens (tertiary/aromatic N) is 1. The molecule has 2 aromatic rings. The van der Waals surface area contributed by atoms with Crippen molar-refractivity contribution < 1.29 is 18.0 Å². The highest BCUT2D eigenvalue weighted by atomic mass is 19.1. The first-order chi connectivity index (χ1) is 10.2. The molecule has 0 aliphatic carbocycles. The molecule has 0 atom stereocenters. The molecule has 5 nitrogen and oxygen atoms in total. The van der Waals surface area contributed by atoms with Crippen LogP contribution >= 0.6 is 0 Å². The largest absolute Gasteiger partial charge is 0.443 e. The highest BCUT2D eigenvalue weighted by Gasteiger charge is 2.19. The van der Waals surface area contributed by atoms with Gasteiger partial charge < -0.3 is 15.5 Å². The third-order valence-corrected chi connectivity index (χ3v) is 3.05. The Morgan fingerprint density at radius 2 is 2.00 bits per heavy atom. The number of hydrogen-bond acceptors (Lipinski definition) is 4. The Hall–Kier alpha value is -2.44. The molecule has 7 heteroatoms. The fraction of sp³-hybridized carbons (Fsp3) is 0.333. The van der Waals surface area contributed by atoms with Gasteiger partial charge in [0, 0.05) is 11.5 Å². The van der Waals surface area contributed by atoms with Crippen molar-refractivity contribution in [2.24, 2.45) is 5.73 Å². The van der Waals surface area contributed by atoms with Crippen molar-refractivity contribution in [3.63, 3.8) is 0 Å². The SMILES string of the molecule is CC(C)(C)c1cnc(CNc2cc(C(N)=O)c(F)cc2F)o1. The number of carbonyl (C=O) groups is 1. The maximum Gasteiger partial charge on any atom is 0.251 e. The quantitative estimate of drug-likeness (QED) is 0.910. The number of amides is 1. The smallest absolute Gasteiger partial charge is 0.251 e. The standard InChI is InChI=1S/C15H17F2N3O2/c1-15(2,3)12-6-20-13(22-12)7-19-11-4-8(14(18)21)9(16)5-10(11)17/h4-6,19H,7H2,1-3H3,(H2,18,21). The molecule has 1 heterocycles. The number of hydrogen-bond donors (Lipinski definition) is 2. The van der Waals surface area contributed by atoms with Crippen LogP contribution in [-0.2, 0) is 12.0 Å². The van der Waals surface area contributed by atoms with Crippen molar-refractivity contribution >= 4 is 11.6 Å². The van der Waals surface area contributed by atoms with Gasteiger partial charge in [-0.3, -0.25) is 4.79 Å². The Morgan fingerprint density at radius 3 is 2.55 bits per heavy atom. The third kappa shape index (κ3) is 3.41. The summed E-state index contributed by atoms with van der Waals surface area (Å²) in [7, 11) is 0. The first kappa shape index (κ1) is 15.9. The molecule has 0 radical (unpaired) electrons. The Bertz CT molecular complexity index is 705. The highest BCUT2D eigenvalue weighted by Crippen LogP contribution is 2.24. The van der Waals surface area contributed by atoms with Gasteiger partial charge in [0.25, 0.3) is 5.91 Å². The Kier molecular flexibility index (Phi) is 4.16. The summed E-state index contributed by atoms with van der Waals surface area (Å²) in [5.74, 6) is -1.74. The van der Waals surface area contributed by atoms with E-state index >= 15 is 0 Å². The summed E-state index contributed by atoms with van der Waals surface area (Å²) in [6.45, 7) is 6.02. The van der Waals surface area contributed by atoms with Crippen LogP contribution in [0, 0.1) is 11.6 Å². The average Bonchev–Trinajstić information content (AvgIpc) is 2.86. The molecular formula is C15H17F2N3O2. The molecule has 0 aliphatic rings. The van der Waals surface area contributed by atoms with Gasteiger partial charge in [-0.25, -0.2) is 13.8 Å². The van der Waals surface area contributed by atoms with Gasteiger partial charge in [0.05, 0.1) is 24.0 Å². The lowest BCUT2D eigenvalue weighted by Gasteiger charge is -2.13. The minimum absolute atomic E-state index is 0.0503. The lowest BCUT2D eigenvalue weighted by molar-refractivity contribution is 0.0996. The number of primary amides is 1. The van der Waals surface area contributed by atoms with Crippen LogP contribution in [0.1, 0.15) is 42.8 Å². The fourth-order valence-corrected chi connectivity index (χ4v) is 1.78. The van der Waals surface area contributed by atoms with E-state index in [9.17, 15) is 13.6 Å². The Labute approximate surface area is 126 Å². The predicted octanol–water partition coefficient (Wildman–Crippen LogP) is 2.96. The normalized spacial score (nSPS) is 11.5. The number of anilines is 1. The van der Waals surface area contributed by atoms with Crippen molar-refractivity contribution in [2.45, 2.75) is 32.7 Å². The lowest BCUT2D eigenvalue weighted by Crippen LogP contribution is -2.14. The second-order valence-corrected chi connectivity index (χ2v) is 5.90. The number of rotatable bonds is 4. The molecule has 1 aromatic carbocycles. The van der Waals surface area contributed by atoms with Crippen molar-refractivity contribution in [3.05, 3.63) is 47.2 Å². The maximum atomic E-state index is 13.7. The summed E-state index contributed by atoms with van der Waals surface area (Å²) in [5.41, 5.74) is 4.41. The summed E-state index contributed by atoms with van der Waals surface area (Å²) in [6, 6.07) is 1.64. The molecule has 3 N–H and O–H groups in total. The van der Waals surface area contributed by atoms with E-state index in [2.05, 4.69) is 10.3 Å². The number of carbonyl (C=O) groups excluding carboxylic acids is 1. The molecule has 118 valence electrons. The third-order valence-electron chi connectivity index (χ3n) is 3.05. The number of nitrogens with two attached hydrogens (primary N) is 1. The van der Waals surface area contributed by atoms with Crippen molar-refractivity contribution in [1.29, 1.82) is 0 Å². The zero-order valence-corrected chi connectivity index (χ0v) is 12.5. The monoisotopic (exact) mass is 309 g/mol. The van der Waals surface area contributed by atoms with Crippen LogP contribution in [-0.4, -0.2) is 10.9 Å². The molecule has 22 heavy (non-hydrogen) atoms. The molecule has 0 unspecified atom stereocenters. The van der Waals surface area contributed by atoms with Gasteiger partial charge in [-0.1, -0.05) is 20.8 Å². The van der Waals surface area contributed by atoms with Gasteiger partial charge >= 0.3 is 0 Å². The van der Waals surface area contributed by atoms with E-state index < -0.39 is 17.5 Å². The van der Waals surface area contributed by atoms with Gasteiger partial charge in [0.2, 0.25) is 5.89 Å². The molecule has 2 rings (SSSR count). The van der Waals surface area contributed by atoms with Crippen LogP contribution in [0.2, 0.25) is 0 Å². The number of oxazole rings is 1. The van der Waals surface area contributed by atoms with Crippen LogP contribution in [0.15, 0.2) is 22.7 Å². The molecular weight excluding hydrogens is 292 g/mol. The fourth-order valence-electron chi connectivity index (χ4n) is 1.78. The average molecular weight is 309 g/mol. The summed E-state index contributed by atoms with van der Waals surface area (Å²) in [4.78, 5) is 15.2. The Balaban J connectivity index is 2.16. The van der Waals surface area contributed by atoms with Crippen molar-refractivity contribution in [1.82, 2.24) is 4.98 Å². The van der Waals surface area contributed by atoms with Crippen molar-refractivity contribution in [3.8, 4) is 0 Å². The zero-order valence-electron chi connectivity index (χ0n) is 12.5. The number of nitrogens with one attached hydrogen (secondary N) is 1. The summed E-state index contributed by atoms with van der Waals surface area (Å²) < 4.78 is 32.6. The summed E-state index contributed by atoms with van der Waals surface area (Å²) in [6.07, 6.45) is 1.60. The first-order valence-corrected chi connectivity index (χ1v) is 6.66. The molecule has 0 fully saturated rings. The maximum absolute atomic E-state index is 13.7. The Morgan fingerprint density at radius 1 is 1.32 bits per heavy atom. The molecule has 0 aliphatic heterocycles. The van der Waals surface area contributed by atoms with Gasteiger partial charge in [0.15, 0.2) is 0 Å². The van der Waals surface area contributed by atoms with Crippen LogP contribution in [0.5, 0.6) is 0 Å². The molecule has 1 amide bonds. The number of halogens is 2. The molecule has 0 bridgehead atoms. The van der Waals surface area contributed by atoms with E-state index in [1.54, 1.807) is 6.20 Å². The minimum atomic E-state index is -0.998. The molecule has 0 saturated carbocycles. The molecule has 0 spiro atoms. The van der Waals surface area contributed by atoms with Gasteiger partial charge in [-0.2, -0.15) is 0 Å². The van der Waals surface area contributed by atoms with Gasteiger partial charge in [-0.05, 0) is 6.07 Å². The van der Waals surface area contributed by atoms with Crippen molar-refractivity contribution in [2.75, 3.05) is 5.32 Å². The molecule has 0 saturated heterocycles. The van der Waals surface area contributed by atoms with Crippen LogP contribution in [0.25, 0.3) is 0 Å². The lowest BCUT2D eigenvalue weighted by atomic mass is 9.94. The topological polar surface area (TPSA) is 81.1 Å². The number of aromatic nitrogens is 1. The van der Waals surface area contributed by atoms with E-state index in [0.717, 1.165) is 6.07 Å². The minimum Gasteiger partial charge on any atom is -0.443 e. The first-order valence-electron chi connectivity index (χ1n) is 6.66. The van der Waals surface area contributed by atoms with E-state index in [1.807, 2.05) is 20.8 Å². The number of benzene rings is 1. The highest BCUT2D eigenvalue weighted by molar-refractivity contribution is 5.94. The van der Waals surface area contributed by atoms with E-state index in [4.69, 9.17) is 10.2 Å². The van der Waals surface area contributed by atoms with E-state index in [1.165, 1.54) is 0 Å². The van der Waals surface area contributed by atoms with Crippen LogP contribution < -0.4 is 11.1 Å². The van der Waals surface area contributed by atoms with Crippen LogP contribution in [0.4, 0.5) is 14.5 Å². The molecule has 1 aromatic heterocycles. The van der Waals surface area contributed by atoms with E-state index in [0.29, 0.717) is 17.7 Å².